The molecule has 0 aliphatic carbocycles. The van der Waals surface area contributed by atoms with Crippen molar-refractivity contribution in [2.24, 2.45) is 0 Å². The van der Waals surface area contributed by atoms with Crippen molar-refractivity contribution in [3.05, 3.63) is 18.1 Å². The van der Waals surface area contributed by atoms with E-state index in [1.165, 1.54) is 6.20 Å². The van der Waals surface area contributed by atoms with Crippen LogP contribution in [0.1, 0.15) is 30.8 Å². The highest BCUT2D eigenvalue weighted by Gasteiger charge is 2.27. The Kier molecular flexibility index (Phi) is 4.31. The third kappa shape index (κ3) is 3.01. The second-order valence-corrected chi connectivity index (χ2v) is 4.67. The van der Waals surface area contributed by atoms with Gasteiger partial charge in [-0.2, -0.15) is 0 Å². The molecule has 2 heterocycles. The Morgan fingerprint density at radius 3 is 2.68 bits per heavy atom. The summed E-state index contributed by atoms with van der Waals surface area (Å²) in [4.78, 5) is 23.4. The molecule has 19 heavy (non-hydrogen) atoms. The molecule has 1 aliphatic heterocycles. The van der Waals surface area contributed by atoms with Crippen LogP contribution in [-0.4, -0.2) is 58.2 Å². The summed E-state index contributed by atoms with van der Waals surface area (Å²) in [5.74, 6) is -0.277. The molecule has 0 aromatic carbocycles. The molecule has 1 unspecified atom stereocenters. The first-order chi connectivity index (χ1) is 9.15. The fraction of sp³-hybridized carbons (Fsp3) is 0.615. The summed E-state index contributed by atoms with van der Waals surface area (Å²) in [6, 6.07) is 0.552. The second-order valence-electron chi connectivity index (χ2n) is 4.67. The zero-order valence-corrected chi connectivity index (χ0v) is 11.4. The summed E-state index contributed by atoms with van der Waals surface area (Å²) in [6.07, 6.45) is 3.99. The van der Waals surface area contributed by atoms with E-state index in [0.29, 0.717) is 6.04 Å². The monoisotopic (exact) mass is 264 g/mol. The van der Waals surface area contributed by atoms with E-state index in [-0.39, 0.29) is 5.69 Å². The molecule has 6 nitrogen and oxygen atoms in total. The maximum Gasteiger partial charge on any atom is 0.356 e. The standard InChI is InChI=1S/C13H20N4O2/c1-3-16(4-2)10-5-6-17(9-10)12-8-14-11(7-15-12)13(18)19/h7-8,10H,3-6,9H2,1-2H3,(H,18,19). The predicted octanol–water partition coefficient (Wildman–Crippen LogP) is 1.10. The van der Waals surface area contributed by atoms with E-state index in [4.69, 9.17) is 5.11 Å². The number of carboxylic acids is 1. The number of anilines is 1. The van der Waals surface area contributed by atoms with E-state index in [1.807, 2.05) is 0 Å². The molecule has 1 aliphatic rings. The van der Waals surface area contributed by atoms with Crippen LogP contribution in [0.5, 0.6) is 0 Å². The minimum Gasteiger partial charge on any atom is -0.476 e. The molecule has 2 rings (SSSR count). The van der Waals surface area contributed by atoms with Crippen molar-refractivity contribution in [2.75, 3.05) is 31.1 Å². The number of rotatable bonds is 5. The average Bonchev–Trinajstić information content (AvgIpc) is 2.90. The van der Waals surface area contributed by atoms with Gasteiger partial charge in [-0.1, -0.05) is 13.8 Å². The van der Waals surface area contributed by atoms with Crippen LogP contribution in [0, 0.1) is 0 Å². The van der Waals surface area contributed by atoms with Gasteiger partial charge in [-0.25, -0.2) is 14.8 Å². The minimum absolute atomic E-state index is 0.0109. The molecule has 0 spiro atoms. The van der Waals surface area contributed by atoms with Crippen LogP contribution in [0.3, 0.4) is 0 Å². The molecule has 1 aromatic rings. The highest BCUT2D eigenvalue weighted by atomic mass is 16.4. The van der Waals surface area contributed by atoms with Gasteiger partial charge in [0.2, 0.25) is 0 Å². The lowest BCUT2D eigenvalue weighted by molar-refractivity contribution is 0.0690. The van der Waals surface area contributed by atoms with Crippen LogP contribution < -0.4 is 4.90 Å². The zero-order chi connectivity index (χ0) is 13.8. The molecule has 6 heteroatoms. The molecule has 1 atom stereocenters. The number of carboxylic acid groups (broad SMARTS) is 1. The van der Waals surface area contributed by atoms with Crippen molar-refractivity contribution in [3.8, 4) is 0 Å². The number of nitrogens with zero attached hydrogens (tertiary/aromatic N) is 4. The molecule has 0 radical (unpaired) electrons. The van der Waals surface area contributed by atoms with Crippen molar-refractivity contribution in [1.82, 2.24) is 14.9 Å². The first-order valence-electron chi connectivity index (χ1n) is 6.70. The minimum atomic E-state index is -1.04. The highest BCUT2D eigenvalue weighted by molar-refractivity contribution is 5.84. The van der Waals surface area contributed by atoms with Gasteiger partial charge in [-0.05, 0) is 19.5 Å². The molecule has 1 fully saturated rings. The smallest absolute Gasteiger partial charge is 0.356 e. The third-order valence-electron chi connectivity index (χ3n) is 3.67. The molecule has 1 N–H and O–H groups in total. The van der Waals surface area contributed by atoms with Gasteiger partial charge in [0, 0.05) is 19.1 Å². The Morgan fingerprint density at radius 1 is 1.42 bits per heavy atom. The maximum atomic E-state index is 10.7. The van der Waals surface area contributed by atoms with Crippen molar-refractivity contribution >= 4 is 11.8 Å². The SMILES string of the molecule is CCN(CC)C1CCN(c2cnc(C(=O)O)cn2)C1. The van der Waals surface area contributed by atoms with E-state index in [9.17, 15) is 4.79 Å². The first-order valence-corrected chi connectivity index (χ1v) is 6.70. The Labute approximate surface area is 113 Å². The Morgan fingerprint density at radius 2 is 2.16 bits per heavy atom. The van der Waals surface area contributed by atoms with E-state index in [1.54, 1.807) is 6.20 Å². The second kappa shape index (κ2) is 5.97. The fourth-order valence-corrected chi connectivity index (χ4v) is 2.58. The molecule has 0 amide bonds. The van der Waals surface area contributed by atoms with Gasteiger partial charge >= 0.3 is 5.97 Å². The lowest BCUT2D eigenvalue weighted by atomic mass is 10.2. The molecule has 1 aromatic heterocycles. The van der Waals surface area contributed by atoms with Crippen LogP contribution in [0.2, 0.25) is 0 Å². The number of likely N-dealkylation sites (N-methyl/N-ethyl adjacent to an activating group) is 1. The average molecular weight is 264 g/mol. The number of aromatic carboxylic acids is 1. The topological polar surface area (TPSA) is 69.6 Å². The first kappa shape index (κ1) is 13.7. The number of hydrogen-bond donors (Lipinski definition) is 1. The normalized spacial score (nSPS) is 19.1. The quantitative estimate of drug-likeness (QED) is 0.858. The van der Waals surface area contributed by atoms with Gasteiger partial charge in [0.05, 0.1) is 12.4 Å². The Hall–Kier alpha value is -1.69. The van der Waals surface area contributed by atoms with Crippen molar-refractivity contribution in [3.63, 3.8) is 0 Å². The number of carbonyl (C=O) groups is 1. The van der Waals surface area contributed by atoms with Gasteiger partial charge in [0.15, 0.2) is 5.69 Å². The summed E-state index contributed by atoms with van der Waals surface area (Å²) >= 11 is 0. The van der Waals surface area contributed by atoms with Gasteiger partial charge in [0.1, 0.15) is 5.82 Å². The molecule has 0 saturated carbocycles. The largest absolute Gasteiger partial charge is 0.476 e. The van der Waals surface area contributed by atoms with Gasteiger partial charge in [0.25, 0.3) is 0 Å². The van der Waals surface area contributed by atoms with Gasteiger partial charge in [-0.3, -0.25) is 4.90 Å². The predicted molar refractivity (Wildman–Crippen MR) is 72.5 cm³/mol. The van der Waals surface area contributed by atoms with Crippen LogP contribution in [0.4, 0.5) is 5.82 Å². The summed E-state index contributed by atoms with van der Waals surface area (Å²) in [5, 5.41) is 8.80. The molecule has 0 bridgehead atoms. The van der Waals surface area contributed by atoms with Gasteiger partial charge in [-0.15, -0.1) is 0 Å². The van der Waals surface area contributed by atoms with Crippen LogP contribution in [0.25, 0.3) is 0 Å². The van der Waals surface area contributed by atoms with Crippen molar-refractivity contribution in [2.45, 2.75) is 26.3 Å². The lowest BCUT2D eigenvalue weighted by Gasteiger charge is -2.26. The van der Waals surface area contributed by atoms with Crippen LogP contribution >= 0.6 is 0 Å². The molecular weight excluding hydrogens is 244 g/mol. The Balaban J connectivity index is 2.02. The summed E-state index contributed by atoms with van der Waals surface area (Å²) < 4.78 is 0. The van der Waals surface area contributed by atoms with Gasteiger partial charge < -0.3 is 10.0 Å². The molecule has 1 saturated heterocycles. The van der Waals surface area contributed by atoms with Crippen LogP contribution in [-0.2, 0) is 0 Å². The maximum absolute atomic E-state index is 10.7. The van der Waals surface area contributed by atoms with E-state index < -0.39 is 5.97 Å². The highest BCUT2D eigenvalue weighted by Crippen LogP contribution is 2.20. The fourth-order valence-electron chi connectivity index (χ4n) is 2.58. The number of aromatic nitrogens is 2. The summed E-state index contributed by atoms with van der Waals surface area (Å²) in [7, 11) is 0. The van der Waals surface area contributed by atoms with Crippen LogP contribution in [0.15, 0.2) is 12.4 Å². The number of hydrogen-bond acceptors (Lipinski definition) is 5. The summed E-state index contributed by atoms with van der Waals surface area (Å²) in [5.41, 5.74) is -0.0109. The van der Waals surface area contributed by atoms with E-state index >= 15 is 0 Å². The molecule has 104 valence electrons. The van der Waals surface area contributed by atoms with E-state index in [0.717, 1.165) is 38.4 Å². The van der Waals surface area contributed by atoms with E-state index in [2.05, 4.69) is 33.6 Å². The van der Waals surface area contributed by atoms with Crippen molar-refractivity contribution < 1.29 is 9.90 Å². The van der Waals surface area contributed by atoms with Crippen molar-refractivity contribution in [1.29, 1.82) is 0 Å². The lowest BCUT2D eigenvalue weighted by Crippen LogP contribution is -2.37. The molecular formula is C13H20N4O2. The third-order valence-corrected chi connectivity index (χ3v) is 3.67. The Bertz CT molecular complexity index is 431. The summed E-state index contributed by atoms with van der Waals surface area (Å²) in [6.45, 7) is 8.34. The zero-order valence-electron chi connectivity index (χ0n) is 11.4.